The van der Waals surface area contributed by atoms with Crippen molar-refractivity contribution in [1.82, 2.24) is 5.32 Å². The number of aliphatic carboxylic acids is 1. The van der Waals surface area contributed by atoms with Crippen molar-refractivity contribution in [2.24, 2.45) is 5.41 Å². The molecule has 0 heterocycles. The van der Waals surface area contributed by atoms with Gasteiger partial charge in [-0.2, -0.15) is 11.8 Å². The minimum absolute atomic E-state index is 0.0168. The maximum absolute atomic E-state index is 11.4. The third-order valence-electron chi connectivity index (χ3n) is 1.90. The lowest BCUT2D eigenvalue weighted by Gasteiger charge is -2.21. The van der Waals surface area contributed by atoms with Crippen molar-refractivity contribution in [3.8, 4) is 0 Å². The lowest BCUT2D eigenvalue weighted by Crippen LogP contribution is -2.31. The van der Waals surface area contributed by atoms with Crippen molar-refractivity contribution in [2.45, 2.75) is 26.7 Å². The lowest BCUT2D eigenvalue weighted by atomic mass is 9.85. The van der Waals surface area contributed by atoms with E-state index in [1.165, 1.54) is 0 Å². The fourth-order valence-corrected chi connectivity index (χ4v) is 1.57. The first-order valence-electron chi connectivity index (χ1n) is 4.85. The van der Waals surface area contributed by atoms with Gasteiger partial charge in [0.1, 0.15) is 0 Å². The summed E-state index contributed by atoms with van der Waals surface area (Å²) in [7, 11) is 0. The maximum atomic E-state index is 11.4. The van der Waals surface area contributed by atoms with Crippen LogP contribution in [0.5, 0.6) is 0 Å². The number of carboxylic acid groups (broad SMARTS) is 1. The second-order valence-electron chi connectivity index (χ2n) is 4.25. The number of carboxylic acids is 1. The molecule has 0 unspecified atom stereocenters. The Morgan fingerprint density at radius 3 is 2.40 bits per heavy atom. The minimum atomic E-state index is -0.864. The summed E-state index contributed by atoms with van der Waals surface area (Å²) in [5.41, 5.74) is -0.477. The lowest BCUT2D eigenvalue weighted by molar-refractivity contribution is -0.139. The van der Waals surface area contributed by atoms with Gasteiger partial charge in [-0.15, -0.1) is 0 Å². The zero-order valence-electron chi connectivity index (χ0n) is 9.50. The van der Waals surface area contributed by atoms with Crippen molar-refractivity contribution < 1.29 is 14.7 Å². The summed E-state index contributed by atoms with van der Waals surface area (Å²) in [6, 6.07) is 0. The zero-order valence-corrected chi connectivity index (χ0v) is 10.3. The number of thioether (sulfide) groups is 1. The molecule has 4 nitrogen and oxygen atoms in total. The first kappa shape index (κ1) is 14.3. The summed E-state index contributed by atoms with van der Waals surface area (Å²) in [5.74, 6) is -0.0577. The number of carbonyl (C=O) groups is 2. The molecule has 5 heteroatoms. The third kappa shape index (κ3) is 8.30. The smallest absolute Gasteiger partial charge is 0.303 e. The van der Waals surface area contributed by atoms with E-state index >= 15 is 0 Å². The zero-order chi connectivity index (χ0) is 11.9. The molecule has 88 valence electrons. The predicted molar refractivity (Wildman–Crippen MR) is 62.0 cm³/mol. The van der Waals surface area contributed by atoms with Gasteiger partial charge in [0, 0.05) is 18.7 Å². The van der Waals surface area contributed by atoms with Gasteiger partial charge in [0.25, 0.3) is 0 Å². The van der Waals surface area contributed by atoms with Gasteiger partial charge in [0.2, 0.25) is 5.91 Å². The Bertz CT molecular complexity index is 229. The van der Waals surface area contributed by atoms with Crippen molar-refractivity contribution in [1.29, 1.82) is 0 Å². The van der Waals surface area contributed by atoms with E-state index in [9.17, 15) is 9.59 Å². The van der Waals surface area contributed by atoms with Crippen LogP contribution in [0.15, 0.2) is 0 Å². The normalized spacial score (nSPS) is 11.1. The van der Waals surface area contributed by atoms with E-state index in [2.05, 4.69) is 5.32 Å². The summed E-state index contributed by atoms with van der Waals surface area (Å²) in [6.07, 6.45) is 2.25. The highest BCUT2D eigenvalue weighted by molar-refractivity contribution is 7.98. The van der Waals surface area contributed by atoms with Crippen LogP contribution in [0.25, 0.3) is 0 Å². The standard InChI is InChI=1S/C10H19NO3S/c1-10(2,7-9(13)14)6-8(12)11-4-5-15-3/h4-7H2,1-3H3,(H,11,12)(H,13,14). The van der Waals surface area contributed by atoms with Gasteiger partial charge < -0.3 is 10.4 Å². The largest absolute Gasteiger partial charge is 0.481 e. The quantitative estimate of drug-likeness (QED) is 0.652. The van der Waals surface area contributed by atoms with E-state index < -0.39 is 11.4 Å². The molecule has 0 atom stereocenters. The van der Waals surface area contributed by atoms with Gasteiger partial charge in [-0.1, -0.05) is 13.8 Å². The molecule has 0 aliphatic rings. The Labute approximate surface area is 94.8 Å². The average molecular weight is 233 g/mol. The molecule has 1 amide bonds. The number of carbonyl (C=O) groups excluding carboxylic acids is 1. The van der Waals surface area contributed by atoms with Crippen molar-refractivity contribution in [2.75, 3.05) is 18.6 Å². The molecule has 0 aromatic heterocycles. The van der Waals surface area contributed by atoms with Gasteiger partial charge in [0.15, 0.2) is 0 Å². The Hall–Kier alpha value is -0.710. The van der Waals surface area contributed by atoms with Crippen LogP contribution < -0.4 is 5.32 Å². The Morgan fingerprint density at radius 2 is 1.93 bits per heavy atom. The molecule has 0 spiro atoms. The monoisotopic (exact) mass is 233 g/mol. The topological polar surface area (TPSA) is 66.4 Å². The summed E-state index contributed by atoms with van der Waals surface area (Å²) < 4.78 is 0. The van der Waals surface area contributed by atoms with E-state index in [0.29, 0.717) is 6.54 Å². The van der Waals surface area contributed by atoms with Crippen LogP contribution >= 0.6 is 11.8 Å². The number of amides is 1. The summed E-state index contributed by atoms with van der Waals surface area (Å²) in [6.45, 7) is 4.22. The number of hydrogen-bond acceptors (Lipinski definition) is 3. The highest BCUT2D eigenvalue weighted by Crippen LogP contribution is 2.24. The highest BCUT2D eigenvalue weighted by atomic mass is 32.2. The molecule has 0 aromatic carbocycles. The Balaban J connectivity index is 3.88. The van der Waals surface area contributed by atoms with Crippen LogP contribution in [-0.4, -0.2) is 35.5 Å². The van der Waals surface area contributed by atoms with E-state index in [-0.39, 0.29) is 18.7 Å². The minimum Gasteiger partial charge on any atom is -0.481 e. The van der Waals surface area contributed by atoms with Gasteiger partial charge in [0.05, 0.1) is 6.42 Å². The third-order valence-corrected chi connectivity index (χ3v) is 2.51. The van der Waals surface area contributed by atoms with Crippen molar-refractivity contribution in [3.05, 3.63) is 0 Å². The molecule has 15 heavy (non-hydrogen) atoms. The first-order chi connectivity index (χ1) is 6.87. The first-order valence-corrected chi connectivity index (χ1v) is 6.24. The molecule has 0 radical (unpaired) electrons. The molecular formula is C10H19NO3S. The molecule has 0 saturated carbocycles. The summed E-state index contributed by atoms with van der Waals surface area (Å²) >= 11 is 1.66. The van der Waals surface area contributed by atoms with E-state index in [4.69, 9.17) is 5.11 Å². The summed E-state index contributed by atoms with van der Waals surface area (Å²) in [4.78, 5) is 21.9. The van der Waals surface area contributed by atoms with Gasteiger partial charge >= 0.3 is 5.97 Å². The molecular weight excluding hydrogens is 214 g/mol. The Morgan fingerprint density at radius 1 is 1.33 bits per heavy atom. The van der Waals surface area contributed by atoms with E-state index in [0.717, 1.165) is 5.75 Å². The van der Waals surface area contributed by atoms with Crippen molar-refractivity contribution >= 4 is 23.6 Å². The molecule has 0 rings (SSSR count). The Kier molecular flexibility index (Phi) is 6.40. The fourth-order valence-electron chi connectivity index (χ4n) is 1.26. The van der Waals surface area contributed by atoms with Crippen LogP contribution in [0.3, 0.4) is 0 Å². The average Bonchev–Trinajstić information content (AvgIpc) is 2.00. The molecule has 0 fully saturated rings. The van der Waals surface area contributed by atoms with Gasteiger partial charge in [-0.05, 0) is 11.7 Å². The van der Waals surface area contributed by atoms with E-state index in [1.807, 2.05) is 6.26 Å². The van der Waals surface area contributed by atoms with Gasteiger partial charge in [-0.3, -0.25) is 9.59 Å². The molecule has 0 saturated heterocycles. The van der Waals surface area contributed by atoms with Crippen LogP contribution in [-0.2, 0) is 9.59 Å². The second kappa shape index (κ2) is 6.71. The predicted octanol–water partition coefficient (Wildman–Crippen LogP) is 1.36. The molecule has 2 N–H and O–H groups in total. The number of rotatable bonds is 7. The van der Waals surface area contributed by atoms with Crippen molar-refractivity contribution in [3.63, 3.8) is 0 Å². The van der Waals surface area contributed by atoms with Crippen LogP contribution in [0.2, 0.25) is 0 Å². The SMILES string of the molecule is CSCCNC(=O)CC(C)(C)CC(=O)O. The maximum Gasteiger partial charge on any atom is 0.303 e. The number of hydrogen-bond donors (Lipinski definition) is 2. The van der Waals surface area contributed by atoms with Gasteiger partial charge in [-0.25, -0.2) is 0 Å². The summed E-state index contributed by atoms with van der Waals surface area (Å²) in [5, 5.41) is 11.4. The second-order valence-corrected chi connectivity index (χ2v) is 5.24. The molecule has 0 aliphatic carbocycles. The molecule has 0 aromatic rings. The molecule has 0 aliphatic heterocycles. The van der Waals surface area contributed by atoms with Crippen LogP contribution in [0.1, 0.15) is 26.7 Å². The number of nitrogens with one attached hydrogen (secondary N) is 1. The van der Waals surface area contributed by atoms with Crippen LogP contribution in [0.4, 0.5) is 0 Å². The van der Waals surface area contributed by atoms with Crippen LogP contribution in [0, 0.1) is 5.41 Å². The van der Waals surface area contributed by atoms with E-state index in [1.54, 1.807) is 25.6 Å². The fraction of sp³-hybridized carbons (Fsp3) is 0.800. The molecule has 0 bridgehead atoms. The highest BCUT2D eigenvalue weighted by Gasteiger charge is 2.24.